The van der Waals surface area contributed by atoms with Crippen LogP contribution in [0.15, 0.2) is 18.2 Å². The van der Waals surface area contributed by atoms with E-state index in [2.05, 4.69) is 5.32 Å². The Morgan fingerprint density at radius 3 is 2.50 bits per heavy atom. The van der Waals surface area contributed by atoms with Gasteiger partial charge in [0.15, 0.2) is 0 Å². The summed E-state index contributed by atoms with van der Waals surface area (Å²) in [5.74, 6) is -0.411. The number of hydrogen-bond donors (Lipinski definition) is 1. The summed E-state index contributed by atoms with van der Waals surface area (Å²) in [5.41, 5.74) is 0.994. The van der Waals surface area contributed by atoms with E-state index in [9.17, 15) is 9.18 Å². The van der Waals surface area contributed by atoms with E-state index in [1.165, 1.54) is 6.07 Å². The van der Waals surface area contributed by atoms with Gasteiger partial charge in [0.1, 0.15) is 5.82 Å². The molecule has 0 aliphatic carbocycles. The quantitative estimate of drug-likeness (QED) is 0.826. The second-order valence-electron chi connectivity index (χ2n) is 5.14. The summed E-state index contributed by atoms with van der Waals surface area (Å²) < 4.78 is 13.5. The highest BCUT2D eigenvalue weighted by atomic mass is 19.1. The van der Waals surface area contributed by atoms with Crippen molar-refractivity contribution >= 4 is 5.91 Å². The van der Waals surface area contributed by atoms with Crippen LogP contribution < -0.4 is 5.32 Å². The molecule has 2 atom stereocenters. The molecule has 0 bridgehead atoms. The fourth-order valence-electron chi connectivity index (χ4n) is 2.40. The fraction of sp³-hybridized carbons (Fsp3) is 0.500. The molecule has 1 aromatic rings. The van der Waals surface area contributed by atoms with Crippen LogP contribution in [0.25, 0.3) is 0 Å². The Hall–Kier alpha value is -1.42. The van der Waals surface area contributed by atoms with E-state index in [0.717, 1.165) is 0 Å². The van der Waals surface area contributed by atoms with Crippen LogP contribution in [0.3, 0.4) is 0 Å². The van der Waals surface area contributed by atoms with E-state index in [4.69, 9.17) is 0 Å². The van der Waals surface area contributed by atoms with E-state index in [1.54, 1.807) is 24.0 Å². The first kappa shape index (κ1) is 13.0. The van der Waals surface area contributed by atoms with Gasteiger partial charge in [0.25, 0.3) is 5.91 Å². The highest BCUT2D eigenvalue weighted by molar-refractivity contribution is 5.94. The van der Waals surface area contributed by atoms with Crippen LogP contribution in [0.1, 0.15) is 29.8 Å². The number of hydrogen-bond acceptors (Lipinski definition) is 2. The van der Waals surface area contributed by atoms with Crippen molar-refractivity contribution in [3.8, 4) is 0 Å². The summed E-state index contributed by atoms with van der Waals surface area (Å²) in [6, 6.07) is 5.21. The zero-order valence-electron chi connectivity index (χ0n) is 11.0. The minimum Gasteiger partial charge on any atom is -0.336 e. The van der Waals surface area contributed by atoms with Crippen molar-refractivity contribution in [3.05, 3.63) is 35.1 Å². The molecule has 0 spiro atoms. The van der Waals surface area contributed by atoms with Gasteiger partial charge in [-0.05, 0) is 38.5 Å². The second kappa shape index (κ2) is 5.06. The zero-order chi connectivity index (χ0) is 13.3. The first-order valence-electron chi connectivity index (χ1n) is 6.29. The summed E-state index contributed by atoms with van der Waals surface area (Å²) in [4.78, 5) is 14.1. The molecule has 2 rings (SSSR count). The van der Waals surface area contributed by atoms with E-state index in [0.29, 0.717) is 24.2 Å². The number of nitrogens with one attached hydrogen (secondary N) is 1. The maximum absolute atomic E-state index is 13.5. The highest BCUT2D eigenvalue weighted by Gasteiger charge is 2.25. The maximum Gasteiger partial charge on any atom is 0.254 e. The van der Waals surface area contributed by atoms with Gasteiger partial charge in [0.05, 0.1) is 0 Å². The molecule has 4 heteroatoms. The van der Waals surface area contributed by atoms with Crippen molar-refractivity contribution in [1.82, 2.24) is 10.2 Å². The molecule has 1 amide bonds. The van der Waals surface area contributed by atoms with Gasteiger partial charge < -0.3 is 10.2 Å². The van der Waals surface area contributed by atoms with E-state index in [1.807, 2.05) is 13.8 Å². The van der Waals surface area contributed by atoms with Gasteiger partial charge in [-0.2, -0.15) is 0 Å². The minimum atomic E-state index is -0.322. The highest BCUT2D eigenvalue weighted by Crippen LogP contribution is 2.14. The van der Waals surface area contributed by atoms with Gasteiger partial charge in [-0.1, -0.05) is 6.07 Å². The normalized spacial score (nSPS) is 24.1. The fourth-order valence-corrected chi connectivity index (χ4v) is 2.40. The Kier molecular flexibility index (Phi) is 3.66. The van der Waals surface area contributed by atoms with E-state index < -0.39 is 0 Å². The first-order chi connectivity index (χ1) is 8.47. The maximum atomic E-state index is 13.5. The number of halogens is 1. The number of nitrogens with zero attached hydrogens (tertiary/aromatic N) is 1. The third kappa shape index (κ3) is 2.70. The van der Waals surface area contributed by atoms with E-state index in [-0.39, 0.29) is 23.8 Å². The van der Waals surface area contributed by atoms with Gasteiger partial charge in [-0.25, -0.2) is 4.39 Å². The molecule has 0 aromatic heterocycles. The lowest BCUT2D eigenvalue weighted by molar-refractivity contribution is 0.0673. The molecule has 1 aliphatic heterocycles. The van der Waals surface area contributed by atoms with Gasteiger partial charge in [-0.15, -0.1) is 0 Å². The summed E-state index contributed by atoms with van der Waals surface area (Å²) in [7, 11) is 0. The summed E-state index contributed by atoms with van der Waals surface area (Å²) in [5, 5.41) is 3.37. The number of aryl methyl sites for hydroxylation is 1. The molecule has 0 saturated carbocycles. The topological polar surface area (TPSA) is 32.3 Å². The molecule has 1 saturated heterocycles. The van der Waals surface area contributed by atoms with Crippen molar-refractivity contribution in [3.63, 3.8) is 0 Å². The van der Waals surface area contributed by atoms with Crippen molar-refractivity contribution in [2.75, 3.05) is 13.1 Å². The Balaban J connectivity index is 2.17. The predicted octanol–water partition coefficient (Wildman–Crippen LogP) is 1.96. The van der Waals surface area contributed by atoms with Crippen LogP contribution in [-0.4, -0.2) is 36.0 Å². The molecule has 1 aromatic carbocycles. The van der Waals surface area contributed by atoms with Gasteiger partial charge in [0, 0.05) is 30.7 Å². The lowest BCUT2D eigenvalue weighted by Gasteiger charge is -2.36. The van der Waals surface area contributed by atoms with Crippen LogP contribution in [-0.2, 0) is 0 Å². The molecule has 1 heterocycles. The lowest BCUT2D eigenvalue weighted by atomic mass is 10.1. The third-order valence-electron chi connectivity index (χ3n) is 3.26. The van der Waals surface area contributed by atoms with Crippen molar-refractivity contribution in [1.29, 1.82) is 0 Å². The first-order valence-corrected chi connectivity index (χ1v) is 6.29. The number of amides is 1. The van der Waals surface area contributed by atoms with E-state index >= 15 is 0 Å². The minimum absolute atomic E-state index is 0.0888. The monoisotopic (exact) mass is 250 g/mol. The molecule has 1 N–H and O–H groups in total. The number of carbonyl (C=O) groups excluding carboxylic acids is 1. The largest absolute Gasteiger partial charge is 0.336 e. The number of carbonyl (C=O) groups is 1. The van der Waals surface area contributed by atoms with Gasteiger partial charge >= 0.3 is 0 Å². The smallest absolute Gasteiger partial charge is 0.254 e. The van der Waals surface area contributed by atoms with Gasteiger partial charge in [0.2, 0.25) is 0 Å². The summed E-state index contributed by atoms with van der Waals surface area (Å²) in [6.45, 7) is 7.12. The molecule has 1 aliphatic rings. The number of rotatable bonds is 1. The Labute approximate surface area is 107 Å². The summed E-state index contributed by atoms with van der Waals surface area (Å²) in [6.07, 6.45) is 0. The molecule has 3 nitrogen and oxygen atoms in total. The summed E-state index contributed by atoms with van der Waals surface area (Å²) >= 11 is 0. The average Bonchev–Trinajstić information content (AvgIpc) is 2.30. The molecule has 98 valence electrons. The molecule has 18 heavy (non-hydrogen) atoms. The average molecular weight is 250 g/mol. The van der Waals surface area contributed by atoms with Crippen LogP contribution in [0.5, 0.6) is 0 Å². The van der Waals surface area contributed by atoms with Crippen molar-refractivity contribution in [2.45, 2.75) is 32.9 Å². The van der Waals surface area contributed by atoms with Crippen molar-refractivity contribution < 1.29 is 9.18 Å². The molecular formula is C14H19FN2O. The number of piperazine rings is 1. The SMILES string of the molecule is Cc1ccc(C(=O)N2CC(C)NC(C)C2)cc1F. The van der Waals surface area contributed by atoms with Crippen molar-refractivity contribution in [2.24, 2.45) is 0 Å². The zero-order valence-corrected chi connectivity index (χ0v) is 11.0. The van der Waals surface area contributed by atoms with Crippen LogP contribution in [0, 0.1) is 12.7 Å². The Bertz CT molecular complexity index is 451. The lowest BCUT2D eigenvalue weighted by Crippen LogP contribution is -2.55. The predicted molar refractivity (Wildman–Crippen MR) is 69.1 cm³/mol. The Morgan fingerprint density at radius 2 is 1.94 bits per heavy atom. The number of benzene rings is 1. The molecular weight excluding hydrogens is 231 g/mol. The van der Waals surface area contributed by atoms with Gasteiger partial charge in [-0.3, -0.25) is 4.79 Å². The standard InChI is InChI=1S/C14H19FN2O/c1-9-4-5-12(6-13(9)15)14(18)17-7-10(2)16-11(3)8-17/h4-6,10-11,16H,7-8H2,1-3H3. The van der Waals surface area contributed by atoms with Crippen LogP contribution in [0.4, 0.5) is 4.39 Å². The Morgan fingerprint density at radius 1 is 1.33 bits per heavy atom. The van der Waals surface area contributed by atoms with Crippen LogP contribution >= 0.6 is 0 Å². The second-order valence-corrected chi connectivity index (χ2v) is 5.14. The third-order valence-corrected chi connectivity index (χ3v) is 3.26. The molecule has 2 unspecified atom stereocenters. The van der Waals surface area contributed by atoms with Crippen LogP contribution in [0.2, 0.25) is 0 Å². The molecule has 1 fully saturated rings. The molecule has 0 radical (unpaired) electrons.